The van der Waals surface area contributed by atoms with Crippen LogP contribution in [0.3, 0.4) is 0 Å². The molecule has 1 heterocycles. The largest absolute Gasteiger partial charge is 0.398 e. The first kappa shape index (κ1) is 22.9. The molecule has 2 rings (SSSR count). The predicted octanol–water partition coefficient (Wildman–Crippen LogP) is -0.228. The number of carbonyl (C=O) groups excluding carboxylic acids is 5. The summed E-state index contributed by atoms with van der Waals surface area (Å²) >= 11 is 0. The molecule has 9 heteroatoms. The van der Waals surface area contributed by atoms with E-state index >= 15 is 0 Å². The zero-order valence-corrected chi connectivity index (χ0v) is 14.7. The number of carbonyl (C=O) groups is 5. The highest BCUT2D eigenvalue weighted by Gasteiger charge is 2.41. The number of hydrogen-bond donors (Lipinski definition) is 3. The number of aldehydes is 1. The van der Waals surface area contributed by atoms with Gasteiger partial charge in [0.25, 0.3) is 11.8 Å². The fourth-order valence-corrected chi connectivity index (χ4v) is 2.29. The molecule has 1 aliphatic rings. The van der Waals surface area contributed by atoms with Crippen molar-refractivity contribution in [3.8, 4) is 0 Å². The number of fused-ring (bicyclic) bond motifs is 1. The Bertz CT molecular complexity index is 662. The van der Waals surface area contributed by atoms with Crippen molar-refractivity contribution in [2.75, 3.05) is 19.4 Å². The fourth-order valence-electron chi connectivity index (χ4n) is 2.29. The van der Waals surface area contributed by atoms with Crippen LogP contribution in [0, 0.1) is 0 Å². The van der Waals surface area contributed by atoms with E-state index in [4.69, 9.17) is 15.6 Å². The number of aliphatic hydroxyl groups is 1. The summed E-state index contributed by atoms with van der Waals surface area (Å²) < 4.78 is 0. The molecule has 0 saturated heterocycles. The minimum atomic E-state index is -0.978. The minimum Gasteiger partial charge on any atom is -0.398 e. The van der Waals surface area contributed by atoms with Gasteiger partial charge in [0.1, 0.15) is 13.1 Å². The third-order valence-corrected chi connectivity index (χ3v) is 3.41. The van der Waals surface area contributed by atoms with Gasteiger partial charge in [-0.05, 0) is 25.5 Å². The molecule has 0 saturated carbocycles. The molecule has 0 spiro atoms. The zero-order valence-electron chi connectivity index (χ0n) is 14.7. The number of nitrogens with zero attached hydrogens (tertiary/aromatic N) is 1. The number of nitrogens with two attached hydrogens (primary N) is 1. The fraction of sp³-hybridized carbons (Fsp3) is 0.353. The molecule has 1 atom stereocenters. The Morgan fingerprint density at radius 2 is 1.92 bits per heavy atom. The van der Waals surface area contributed by atoms with Crippen LogP contribution < -0.4 is 11.1 Å². The Balaban J connectivity index is 0.00000113. The Morgan fingerprint density at radius 3 is 2.38 bits per heavy atom. The van der Waals surface area contributed by atoms with E-state index in [-0.39, 0.29) is 42.2 Å². The van der Waals surface area contributed by atoms with Gasteiger partial charge in [0, 0.05) is 25.8 Å². The average Bonchev–Trinajstić information content (AvgIpc) is 2.90. The molecule has 1 aromatic carbocycles. The number of nitrogens with one attached hydrogen (secondary N) is 1. The van der Waals surface area contributed by atoms with Gasteiger partial charge in [-0.1, -0.05) is 6.07 Å². The van der Waals surface area contributed by atoms with Crippen LogP contribution in [-0.2, 0) is 14.4 Å². The second-order valence-electron chi connectivity index (χ2n) is 4.98. The predicted molar refractivity (Wildman–Crippen MR) is 94.4 cm³/mol. The first-order valence-electron chi connectivity index (χ1n) is 7.74. The summed E-state index contributed by atoms with van der Waals surface area (Å²) in [5.74, 6) is -1.42. The van der Waals surface area contributed by atoms with Crippen LogP contribution in [0.5, 0.6) is 0 Å². The van der Waals surface area contributed by atoms with Crippen molar-refractivity contribution in [2.45, 2.75) is 25.8 Å². The Labute approximate surface area is 151 Å². The number of nitrogen functional groups attached to an aromatic ring is 1. The van der Waals surface area contributed by atoms with Crippen molar-refractivity contribution in [1.82, 2.24) is 10.2 Å². The van der Waals surface area contributed by atoms with Crippen LogP contribution in [0.4, 0.5) is 5.69 Å². The Kier molecular flexibility index (Phi) is 10.1. The van der Waals surface area contributed by atoms with Gasteiger partial charge in [0.05, 0.1) is 17.2 Å². The van der Waals surface area contributed by atoms with Crippen molar-refractivity contribution < 1.29 is 29.1 Å². The van der Waals surface area contributed by atoms with Crippen LogP contribution in [-0.4, -0.2) is 60.5 Å². The lowest BCUT2D eigenvalue weighted by atomic mass is 10.1. The van der Waals surface area contributed by atoms with Gasteiger partial charge < -0.3 is 25.7 Å². The molecular formula is C17H23N3O6. The molecule has 1 unspecified atom stereocenters. The van der Waals surface area contributed by atoms with Gasteiger partial charge in [-0.2, -0.15) is 0 Å². The van der Waals surface area contributed by atoms with Gasteiger partial charge in [0.2, 0.25) is 5.91 Å². The molecule has 4 N–H and O–H groups in total. The Hall–Kier alpha value is -3.07. The SMILES string of the molecule is C=O.CCO.CNC(=O)CCC(C=O)N1C(=O)c2cccc(N)c2C1=O. The third kappa shape index (κ3) is 5.21. The van der Waals surface area contributed by atoms with Crippen molar-refractivity contribution in [2.24, 2.45) is 0 Å². The number of benzene rings is 1. The van der Waals surface area contributed by atoms with E-state index in [1.807, 2.05) is 6.79 Å². The van der Waals surface area contributed by atoms with E-state index in [9.17, 15) is 19.2 Å². The summed E-state index contributed by atoms with van der Waals surface area (Å²) in [6.45, 7) is 3.93. The number of hydrogen-bond acceptors (Lipinski definition) is 7. The topological polar surface area (TPSA) is 147 Å². The summed E-state index contributed by atoms with van der Waals surface area (Å²) in [7, 11) is 1.47. The molecule has 1 aliphatic heterocycles. The summed E-state index contributed by atoms with van der Waals surface area (Å²) in [4.78, 5) is 55.9. The third-order valence-electron chi connectivity index (χ3n) is 3.41. The summed E-state index contributed by atoms with van der Waals surface area (Å²) in [6, 6.07) is 3.61. The van der Waals surface area contributed by atoms with E-state index in [0.717, 1.165) is 4.90 Å². The Morgan fingerprint density at radius 1 is 1.35 bits per heavy atom. The van der Waals surface area contributed by atoms with Crippen LogP contribution >= 0.6 is 0 Å². The lowest BCUT2D eigenvalue weighted by Gasteiger charge is -2.20. The maximum atomic E-state index is 12.3. The molecule has 0 bridgehead atoms. The smallest absolute Gasteiger partial charge is 0.264 e. The maximum Gasteiger partial charge on any atom is 0.264 e. The van der Waals surface area contributed by atoms with Crippen LogP contribution in [0.25, 0.3) is 0 Å². The van der Waals surface area contributed by atoms with Gasteiger partial charge >= 0.3 is 0 Å². The van der Waals surface area contributed by atoms with Crippen LogP contribution in [0.15, 0.2) is 18.2 Å². The van der Waals surface area contributed by atoms with Crippen molar-refractivity contribution in [1.29, 1.82) is 0 Å². The average molecular weight is 365 g/mol. The van der Waals surface area contributed by atoms with Crippen molar-refractivity contribution in [3.05, 3.63) is 29.3 Å². The van der Waals surface area contributed by atoms with Gasteiger partial charge in [-0.25, -0.2) is 0 Å². The molecular weight excluding hydrogens is 342 g/mol. The van der Waals surface area contributed by atoms with Crippen LogP contribution in [0.2, 0.25) is 0 Å². The van der Waals surface area contributed by atoms with E-state index < -0.39 is 17.9 Å². The number of rotatable bonds is 5. The molecule has 3 amide bonds. The van der Waals surface area contributed by atoms with Gasteiger partial charge in [-0.3, -0.25) is 19.3 Å². The van der Waals surface area contributed by atoms with E-state index in [1.165, 1.54) is 19.2 Å². The van der Waals surface area contributed by atoms with Crippen molar-refractivity contribution >= 4 is 36.5 Å². The van der Waals surface area contributed by atoms with Gasteiger partial charge in [0.15, 0.2) is 0 Å². The second kappa shape index (κ2) is 11.5. The number of anilines is 1. The van der Waals surface area contributed by atoms with Crippen molar-refractivity contribution in [3.63, 3.8) is 0 Å². The molecule has 9 nitrogen and oxygen atoms in total. The molecule has 0 aromatic heterocycles. The normalized spacial score (nSPS) is 12.8. The molecule has 0 fully saturated rings. The van der Waals surface area contributed by atoms with E-state index in [2.05, 4.69) is 5.32 Å². The molecule has 26 heavy (non-hydrogen) atoms. The quantitative estimate of drug-likeness (QED) is 0.371. The lowest BCUT2D eigenvalue weighted by Crippen LogP contribution is -2.41. The summed E-state index contributed by atoms with van der Waals surface area (Å²) in [6.07, 6.45) is 0.623. The zero-order chi connectivity index (χ0) is 20.3. The number of aliphatic hydroxyl groups excluding tert-OH is 1. The first-order chi connectivity index (χ1) is 12.4. The minimum absolute atomic E-state index is 0.0444. The molecule has 0 aliphatic carbocycles. The number of imide groups is 1. The maximum absolute atomic E-state index is 12.3. The summed E-state index contributed by atoms with van der Waals surface area (Å²) in [5, 5.41) is 9.99. The highest BCUT2D eigenvalue weighted by molar-refractivity contribution is 6.24. The summed E-state index contributed by atoms with van der Waals surface area (Å²) in [5.41, 5.74) is 6.22. The highest BCUT2D eigenvalue weighted by Crippen LogP contribution is 2.29. The van der Waals surface area contributed by atoms with E-state index in [0.29, 0.717) is 6.29 Å². The number of amides is 3. The van der Waals surface area contributed by atoms with Crippen LogP contribution in [0.1, 0.15) is 40.5 Å². The second-order valence-corrected chi connectivity index (χ2v) is 4.98. The van der Waals surface area contributed by atoms with Gasteiger partial charge in [-0.15, -0.1) is 0 Å². The molecule has 0 radical (unpaired) electrons. The monoisotopic (exact) mass is 365 g/mol. The molecule has 1 aromatic rings. The lowest BCUT2D eigenvalue weighted by molar-refractivity contribution is -0.121. The standard InChI is InChI=1S/C14H15N3O4.C2H6O.CH2O/c1-16-11(19)6-5-8(7-18)17-13(20)9-3-2-4-10(15)12(9)14(17)21;1-2-3;1-2/h2-4,7-8H,5-6,15H2,1H3,(H,16,19);3H,2H2,1H3;1H2. The van der Waals surface area contributed by atoms with E-state index in [1.54, 1.807) is 13.0 Å². The highest BCUT2D eigenvalue weighted by atomic mass is 16.2. The molecule has 142 valence electrons. The first-order valence-corrected chi connectivity index (χ1v) is 7.74.